The second-order valence-corrected chi connectivity index (χ2v) is 5.38. The molecule has 0 N–H and O–H groups in total. The number of hydrogen-bond donors (Lipinski definition) is 0. The number of imide groups is 1. The first-order valence-corrected chi connectivity index (χ1v) is 7.39. The Morgan fingerprint density at radius 2 is 1.20 bits per heavy atom. The van der Waals surface area contributed by atoms with Crippen molar-refractivity contribution in [2.24, 2.45) is 10.2 Å². The average Bonchev–Trinajstić information content (AvgIpc) is 2.92. The van der Waals surface area contributed by atoms with Gasteiger partial charge in [0, 0.05) is 12.8 Å². The van der Waals surface area contributed by atoms with Crippen LogP contribution >= 0.6 is 0 Å². The summed E-state index contributed by atoms with van der Waals surface area (Å²) in [6, 6.07) is 10.6. The SMILES string of the molecule is O=C1CCC(=O)N1c1ccc(N=Nc2ccc(C(F)(F)F)cc2)cc1. The van der Waals surface area contributed by atoms with Crippen LogP contribution in [0.1, 0.15) is 18.4 Å². The number of alkyl halides is 3. The third-order valence-corrected chi connectivity index (χ3v) is 3.64. The van der Waals surface area contributed by atoms with Crippen LogP contribution in [0.3, 0.4) is 0 Å². The molecule has 1 saturated heterocycles. The number of hydrogen-bond acceptors (Lipinski definition) is 4. The molecule has 2 aromatic carbocycles. The van der Waals surface area contributed by atoms with Gasteiger partial charge in [-0.15, -0.1) is 0 Å². The maximum Gasteiger partial charge on any atom is 0.416 e. The molecular formula is C17H12F3N3O2. The van der Waals surface area contributed by atoms with E-state index >= 15 is 0 Å². The molecule has 0 radical (unpaired) electrons. The van der Waals surface area contributed by atoms with E-state index in [2.05, 4.69) is 10.2 Å². The van der Waals surface area contributed by atoms with Gasteiger partial charge in [0.15, 0.2) is 0 Å². The number of carbonyl (C=O) groups excluding carboxylic acids is 2. The molecule has 0 atom stereocenters. The molecule has 0 aliphatic carbocycles. The molecular weight excluding hydrogens is 335 g/mol. The monoisotopic (exact) mass is 347 g/mol. The van der Waals surface area contributed by atoms with Gasteiger partial charge in [0.05, 0.1) is 22.6 Å². The van der Waals surface area contributed by atoms with Gasteiger partial charge in [-0.2, -0.15) is 23.4 Å². The summed E-state index contributed by atoms with van der Waals surface area (Å²) in [5.74, 6) is -0.492. The van der Waals surface area contributed by atoms with Crippen LogP contribution in [0, 0.1) is 0 Å². The highest BCUT2D eigenvalue weighted by Gasteiger charge is 2.30. The molecule has 1 heterocycles. The first kappa shape index (κ1) is 16.8. The van der Waals surface area contributed by atoms with Crippen molar-refractivity contribution >= 4 is 28.9 Å². The van der Waals surface area contributed by atoms with E-state index in [-0.39, 0.29) is 30.3 Å². The van der Waals surface area contributed by atoms with Crippen molar-refractivity contribution in [3.63, 3.8) is 0 Å². The molecule has 1 aliphatic rings. The van der Waals surface area contributed by atoms with Crippen LogP contribution < -0.4 is 4.90 Å². The molecule has 5 nitrogen and oxygen atoms in total. The predicted octanol–water partition coefficient (Wildman–Crippen LogP) is 4.77. The van der Waals surface area contributed by atoms with Crippen LogP contribution in [0.25, 0.3) is 0 Å². The Bertz CT molecular complexity index is 812. The Morgan fingerprint density at radius 3 is 1.64 bits per heavy atom. The molecule has 2 amide bonds. The number of halogens is 3. The summed E-state index contributed by atoms with van der Waals surface area (Å²) in [6.07, 6.45) is -3.99. The highest BCUT2D eigenvalue weighted by molar-refractivity contribution is 6.19. The van der Waals surface area contributed by atoms with E-state index < -0.39 is 11.7 Å². The van der Waals surface area contributed by atoms with Crippen molar-refractivity contribution in [2.75, 3.05) is 4.90 Å². The number of benzene rings is 2. The van der Waals surface area contributed by atoms with Crippen molar-refractivity contribution in [3.8, 4) is 0 Å². The molecule has 3 rings (SSSR count). The zero-order chi connectivity index (χ0) is 18.0. The third-order valence-electron chi connectivity index (χ3n) is 3.64. The Hall–Kier alpha value is -3.03. The summed E-state index contributed by atoms with van der Waals surface area (Å²) in [5, 5.41) is 7.80. The van der Waals surface area contributed by atoms with Gasteiger partial charge >= 0.3 is 6.18 Å². The van der Waals surface area contributed by atoms with Gasteiger partial charge in [-0.05, 0) is 48.5 Å². The summed E-state index contributed by atoms with van der Waals surface area (Å²) in [4.78, 5) is 24.4. The second kappa shape index (κ2) is 6.46. The summed E-state index contributed by atoms with van der Waals surface area (Å²) in [6.45, 7) is 0. The van der Waals surface area contributed by atoms with Gasteiger partial charge in [-0.1, -0.05) is 0 Å². The molecule has 0 unspecified atom stereocenters. The molecule has 1 fully saturated rings. The summed E-state index contributed by atoms with van der Waals surface area (Å²) < 4.78 is 37.5. The molecule has 0 spiro atoms. The Kier molecular flexibility index (Phi) is 4.35. The fraction of sp³-hybridized carbons (Fsp3) is 0.176. The van der Waals surface area contributed by atoms with Gasteiger partial charge < -0.3 is 0 Å². The number of anilines is 1. The maximum absolute atomic E-state index is 12.5. The quantitative estimate of drug-likeness (QED) is 0.593. The normalized spacial score (nSPS) is 15.4. The lowest BCUT2D eigenvalue weighted by molar-refractivity contribution is -0.137. The van der Waals surface area contributed by atoms with Gasteiger partial charge in [0.25, 0.3) is 0 Å². The van der Waals surface area contributed by atoms with Crippen molar-refractivity contribution < 1.29 is 22.8 Å². The molecule has 0 saturated carbocycles. The summed E-state index contributed by atoms with van der Waals surface area (Å²) >= 11 is 0. The standard InChI is InChI=1S/C17H12F3N3O2/c18-17(19,20)11-1-3-12(4-2-11)21-22-13-5-7-14(8-6-13)23-15(24)9-10-16(23)25/h1-8H,9-10H2. The smallest absolute Gasteiger partial charge is 0.274 e. The molecule has 8 heteroatoms. The van der Waals surface area contributed by atoms with E-state index in [1.807, 2.05) is 0 Å². The van der Waals surface area contributed by atoms with Crippen molar-refractivity contribution in [1.82, 2.24) is 0 Å². The van der Waals surface area contributed by atoms with Crippen molar-refractivity contribution in [2.45, 2.75) is 19.0 Å². The minimum atomic E-state index is -4.39. The van der Waals surface area contributed by atoms with E-state index in [4.69, 9.17) is 0 Å². The molecule has 0 aromatic heterocycles. The van der Waals surface area contributed by atoms with Crippen LogP contribution in [-0.4, -0.2) is 11.8 Å². The largest absolute Gasteiger partial charge is 0.416 e. The van der Waals surface area contributed by atoms with Gasteiger partial charge in [-0.3, -0.25) is 14.5 Å². The van der Waals surface area contributed by atoms with Crippen molar-refractivity contribution in [3.05, 3.63) is 54.1 Å². The number of azo groups is 1. The molecule has 0 bridgehead atoms. The minimum Gasteiger partial charge on any atom is -0.274 e. The highest BCUT2D eigenvalue weighted by Crippen LogP contribution is 2.31. The molecule has 1 aliphatic heterocycles. The first-order chi connectivity index (χ1) is 11.8. The lowest BCUT2D eigenvalue weighted by Gasteiger charge is -2.13. The van der Waals surface area contributed by atoms with Gasteiger partial charge in [0.1, 0.15) is 0 Å². The molecule has 25 heavy (non-hydrogen) atoms. The van der Waals surface area contributed by atoms with Crippen LogP contribution in [0.15, 0.2) is 58.8 Å². The third kappa shape index (κ3) is 3.73. The van der Waals surface area contributed by atoms with Crippen LogP contribution in [0.2, 0.25) is 0 Å². The fourth-order valence-corrected chi connectivity index (χ4v) is 2.37. The minimum absolute atomic E-state index is 0.203. The average molecular weight is 347 g/mol. The van der Waals surface area contributed by atoms with E-state index in [1.165, 1.54) is 12.1 Å². The number of carbonyl (C=O) groups is 2. The van der Waals surface area contributed by atoms with E-state index in [0.29, 0.717) is 11.4 Å². The first-order valence-electron chi connectivity index (χ1n) is 7.39. The zero-order valence-corrected chi connectivity index (χ0v) is 12.8. The predicted molar refractivity (Wildman–Crippen MR) is 83.8 cm³/mol. The maximum atomic E-state index is 12.5. The lowest BCUT2D eigenvalue weighted by Crippen LogP contribution is -2.28. The summed E-state index contributed by atoms with van der Waals surface area (Å²) in [5.41, 5.74) is 0.432. The number of nitrogens with zero attached hydrogens (tertiary/aromatic N) is 3. The fourth-order valence-electron chi connectivity index (χ4n) is 2.37. The highest BCUT2D eigenvalue weighted by atomic mass is 19.4. The van der Waals surface area contributed by atoms with Crippen LogP contribution in [0.5, 0.6) is 0 Å². The Labute approximate surface area is 140 Å². The van der Waals surface area contributed by atoms with Gasteiger partial charge in [0.2, 0.25) is 11.8 Å². The molecule has 128 valence electrons. The Morgan fingerprint density at radius 1 is 0.760 bits per heavy atom. The zero-order valence-electron chi connectivity index (χ0n) is 12.8. The Balaban J connectivity index is 1.72. The van der Waals surface area contributed by atoms with Crippen LogP contribution in [0.4, 0.5) is 30.2 Å². The second-order valence-electron chi connectivity index (χ2n) is 5.38. The van der Waals surface area contributed by atoms with Crippen molar-refractivity contribution in [1.29, 1.82) is 0 Å². The summed E-state index contributed by atoms with van der Waals surface area (Å²) in [7, 11) is 0. The van der Waals surface area contributed by atoms with E-state index in [1.54, 1.807) is 24.3 Å². The van der Waals surface area contributed by atoms with Crippen LogP contribution in [-0.2, 0) is 15.8 Å². The number of amides is 2. The molecule has 2 aromatic rings. The van der Waals surface area contributed by atoms with E-state index in [9.17, 15) is 22.8 Å². The lowest BCUT2D eigenvalue weighted by atomic mass is 10.2. The van der Waals surface area contributed by atoms with Gasteiger partial charge in [-0.25, -0.2) is 0 Å². The topological polar surface area (TPSA) is 62.1 Å². The number of rotatable bonds is 3. The van der Waals surface area contributed by atoms with E-state index in [0.717, 1.165) is 17.0 Å².